The van der Waals surface area contributed by atoms with Crippen molar-refractivity contribution < 1.29 is 13.8 Å². The number of nitrogen functional groups attached to an aromatic ring is 1. The first-order chi connectivity index (χ1) is 15.9. The maximum absolute atomic E-state index is 11.6. The van der Waals surface area contributed by atoms with Gasteiger partial charge in [0.15, 0.2) is 0 Å². The Bertz CT molecular complexity index is 1230. The van der Waals surface area contributed by atoms with Crippen LogP contribution >= 0.6 is 0 Å². The molecule has 2 aromatic heterocycles. The van der Waals surface area contributed by atoms with E-state index in [1.54, 1.807) is 13.2 Å². The lowest BCUT2D eigenvalue weighted by atomic mass is 10.2. The largest absolute Gasteiger partial charge is 0.396 e. The molecule has 4 aromatic rings. The topological polar surface area (TPSA) is 140 Å². The summed E-state index contributed by atoms with van der Waals surface area (Å²) in [6.07, 6.45) is 3.95. The van der Waals surface area contributed by atoms with E-state index in [9.17, 15) is 4.21 Å². The van der Waals surface area contributed by atoms with Crippen molar-refractivity contribution in [2.45, 2.75) is 25.2 Å². The molecular weight excluding hydrogens is 440 g/mol. The summed E-state index contributed by atoms with van der Waals surface area (Å²) < 4.78 is 16.5. The van der Waals surface area contributed by atoms with E-state index in [0.29, 0.717) is 23.2 Å². The van der Waals surface area contributed by atoms with Gasteiger partial charge in [-0.1, -0.05) is 35.5 Å². The molecule has 9 nitrogen and oxygen atoms in total. The number of aliphatic hydroxyl groups excluding tert-OH is 1. The molecular formula is C23H26N6O3S. The van der Waals surface area contributed by atoms with E-state index >= 15 is 0 Å². The van der Waals surface area contributed by atoms with Crippen LogP contribution in [0, 0.1) is 13.8 Å². The van der Waals surface area contributed by atoms with Gasteiger partial charge in [0.25, 0.3) is 0 Å². The van der Waals surface area contributed by atoms with Crippen molar-refractivity contribution >= 4 is 28.3 Å². The molecule has 0 amide bonds. The first kappa shape index (κ1) is 24.0. The first-order valence-corrected chi connectivity index (χ1v) is 11.7. The smallest absolute Gasteiger partial charge is 0.229 e. The Morgan fingerprint density at radius 1 is 1.12 bits per heavy atom. The molecule has 0 aliphatic rings. The molecule has 0 bridgehead atoms. The van der Waals surface area contributed by atoms with Crippen LogP contribution in [0.1, 0.15) is 17.0 Å². The lowest BCUT2D eigenvalue weighted by Gasteiger charge is -2.09. The number of hydrogen-bond acceptors (Lipinski definition) is 9. The third kappa shape index (κ3) is 6.67. The highest BCUT2D eigenvalue weighted by atomic mass is 32.2. The second kappa shape index (κ2) is 11.3. The number of aliphatic hydroxyl groups is 1. The number of nitrogens with two attached hydrogens (primary N) is 1. The summed E-state index contributed by atoms with van der Waals surface area (Å²) in [5.41, 5.74) is 9.36. The van der Waals surface area contributed by atoms with Crippen LogP contribution in [-0.2, 0) is 17.2 Å². The summed E-state index contributed by atoms with van der Waals surface area (Å²) in [7, 11) is -1.02. The van der Waals surface area contributed by atoms with Crippen molar-refractivity contribution in [2.75, 3.05) is 23.9 Å². The number of rotatable bonds is 6. The molecule has 0 radical (unpaired) electrons. The average molecular weight is 467 g/mol. The maximum atomic E-state index is 11.6. The number of hydrogen-bond donors (Lipinski definition) is 3. The predicted octanol–water partition coefficient (Wildman–Crippen LogP) is 3.43. The Morgan fingerprint density at radius 3 is 2.45 bits per heavy atom. The van der Waals surface area contributed by atoms with Crippen LogP contribution in [0.3, 0.4) is 0 Å². The second-order valence-electron chi connectivity index (χ2n) is 7.15. The fraction of sp³-hybridized carbons (Fsp3) is 0.217. The van der Waals surface area contributed by atoms with E-state index in [0.717, 1.165) is 22.6 Å². The summed E-state index contributed by atoms with van der Waals surface area (Å²) >= 11 is 0. The zero-order valence-electron chi connectivity index (χ0n) is 18.6. The zero-order valence-corrected chi connectivity index (χ0v) is 19.5. The van der Waals surface area contributed by atoms with Crippen LogP contribution in [-0.4, -0.2) is 42.3 Å². The predicted molar refractivity (Wildman–Crippen MR) is 128 cm³/mol. The molecule has 0 spiro atoms. The van der Waals surface area contributed by atoms with Gasteiger partial charge in [0, 0.05) is 36.6 Å². The molecule has 172 valence electrons. The lowest BCUT2D eigenvalue weighted by Crippen LogP contribution is -2.03. The summed E-state index contributed by atoms with van der Waals surface area (Å²) in [6, 6.07) is 15.5. The summed E-state index contributed by atoms with van der Waals surface area (Å²) in [6.45, 7) is 3.83. The molecule has 2 aromatic carbocycles. The number of aryl methyl sites for hydroxylation is 2. The van der Waals surface area contributed by atoms with E-state index in [1.165, 1.54) is 11.8 Å². The van der Waals surface area contributed by atoms with Crippen molar-refractivity contribution in [2.24, 2.45) is 0 Å². The third-order valence-electron chi connectivity index (χ3n) is 4.57. The van der Waals surface area contributed by atoms with Gasteiger partial charge in [-0.05, 0) is 42.7 Å². The monoisotopic (exact) mass is 466 g/mol. The van der Waals surface area contributed by atoms with Gasteiger partial charge in [-0.3, -0.25) is 4.21 Å². The van der Waals surface area contributed by atoms with Crippen molar-refractivity contribution in [3.05, 3.63) is 71.7 Å². The first-order valence-electron chi connectivity index (χ1n) is 10.2. The van der Waals surface area contributed by atoms with E-state index < -0.39 is 10.8 Å². The molecule has 0 aliphatic carbocycles. The Balaban J connectivity index is 0.000000286. The maximum Gasteiger partial charge on any atom is 0.229 e. The highest BCUT2D eigenvalue weighted by Gasteiger charge is 2.12. The van der Waals surface area contributed by atoms with Crippen molar-refractivity contribution in [3.8, 4) is 11.4 Å². The molecule has 4 rings (SSSR count). The minimum Gasteiger partial charge on any atom is -0.396 e. The van der Waals surface area contributed by atoms with Crippen molar-refractivity contribution in [1.29, 1.82) is 0 Å². The van der Waals surface area contributed by atoms with Crippen LogP contribution in [0.25, 0.3) is 11.4 Å². The van der Waals surface area contributed by atoms with Gasteiger partial charge >= 0.3 is 0 Å². The molecule has 2 heterocycles. The number of nitrogens with one attached hydrogen (secondary N) is 1. The highest BCUT2D eigenvalue weighted by Crippen LogP contribution is 2.24. The normalized spacial score (nSPS) is 11.4. The summed E-state index contributed by atoms with van der Waals surface area (Å²) in [5.74, 6) is 1.38. The Labute approximate surface area is 194 Å². The summed E-state index contributed by atoms with van der Waals surface area (Å²) in [4.78, 5) is 13.3. The SMILES string of the molecule is Cc1nc(-c2cnc(Nc3ccc(S(C)=O)c(C)c3)nc2N)no1.OCCc1ccccc1. The standard InChI is InChI=1S/C15H16N6O2S.C8H10O/c1-8-6-10(4-5-12(8)24(3)22)19-15-17-7-11(13(16)20-15)14-18-9(2)23-21-14;9-7-6-8-4-2-1-3-5-8/h4-7H,1-3H3,(H3,16,17,19,20);1-5,9H,6-7H2. The molecule has 1 unspecified atom stereocenters. The lowest BCUT2D eigenvalue weighted by molar-refractivity contribution is 0.299. The molecule has 0 saturated heterocycles. The van der Waals surface area contributed by atoms with Crippen LogP contribution in [0.4, 0.5) is 17.5 Å². The van der Waals surface area contributed by atoms with Gasteiger partial charge < -0.3 is 20.7 Å². The zero-order chi connectivity index (χ0) is 23.8. The number of anilines is 3. The summed E-state index contributed by atoms with van der Waals surface area (Å²) in [5, 5.41) is 15.4. The van der Waals surface area contributed by atoms with Gasteiger partial charge in [-0.25, -0.2) is 4.98 Å². The molecule has 4 N–H and O–H groups in total. The Hall–Kier alpha value is -3.63. The molecule has 0 aliphatic heterocycles. The minimum atomic E-state index is -1.02. The van der Waals surface area contributed by atoms with Gasteiger partial charge in [-0.2, -0.15) is 9.97 Å². The van der Waals surface area contributed by atoms with Crippen molar-refractivity contribution in [1.82, 2.24) is 20.1 Å². The van der Waals surface area contributed by atoms with Crippen LogP contribution in [0.5, 0.6) is 0 Å². The molecule has 1 atom stereocenters. The van der Waals surface area contributed by atoms with Gasteiger partial charge in [0.05, 0.1) is 16.4 Å². The fourth-order valence-corrected chi connectivity index (χ4v) is 3.76. The van der Waals surface area contributed by atoms with Crippen molar-refractivity contribution in [3.63, 3.8) is 0 Å². The molecule has 0 fully saturated rings. The quantitative estimate of drug-likeness (QED) is 0.390. The Morgan fingerprint density at radius 2 is 1.88 bits per heavy atom. The third-order valence-corrected chi connectivity index (χ3v) is 5.65. The molecule has 0 saturated carbocycles. The minimum absolute atomic E-state index is 0.240. The van der Waals surface area contributed by atoms with Crippen LogP contribution in [0.2, 0.25) is 0 Å². The van der Waals surface area contributed by atoms with E-state index in [2.05, 4.69) is 25.4 Å². The highest BCUT2D eigenvalue weighted by molar-refractivity contribution is 7.84. The van der Waals surface area contributed by atoms with E-state index in [1.807, 2.05) is 55.5 Å². The van der Waals surface area contributed by atoms with E-state index in [-0.39, 0.29) is 12.4 Å². The van der Waals surface area contributed by atoms with Gasteiger partial charge in [-0.15, -0.1) is 0 Å². The van der Waals surface area contributed by atoms with Crippen LogP contribution < -0.4 is 11.1 Å². The van der Waals surface area contributed by atoms with Gasteiger partial charge in [0.2, 0.25) is 17.7 Å². The number of benzene rings is 2. The Kier molecular flexibility index (Phi) is 8.22. The number of aromatic nitrogens is 4. The second-order valence-corrected chi connectivity index (χ2v) is 8.50. The average Bonchev–Trinajstić information content (AvgIpc) is 3.21. The fourth-order valence-electron chi connectivity index (χ4n) is 2.99. The molecule has 33 heavy (non-hydrogen) atoms. The van der Waals surface area contributed by atoms with E-state index in [4.69, 9.17) is 15.4 Å². The molecule has 10 heteroatoms. The van der Waals surface area contributed by atoms with Crippen LogP contribution in [0.15, 0.2) is 64.1 Å². The number of nitrogens with zero attached hydrogens (tertiary/aromatic N) is 4. The van der Waals surface area contributed by atoms with Gasteiger partial charge in [0.1, 0.15) is 5.82 Å².